The van der Waals surface area contributed by atoms with Crippen molar-refractivity contribution in [3.05, 3.63) is 124 Å². The molecule has 0 saturated heterocycles. The molecule has 2 N–H and O–H groups in total. The Hall–Kier alpha value is -6.63. The average Bonchev–Trinajstić information content (AvgIpc) is 3.86. The highest BCUT2D eigenvalue weighted by Crippen LogP contribution is 2.43. The van der Waals surface area contributed by atoms with Crippen molar-refractivity contribution in [3.8, 4) is 23.0 Å². The van der Waals surface area contributed by atoms with E-state index in [1.807, 2.05) is 91.7 Å². The Labute approximate surface area is 419 Å². The van der Waals surface area contributed by atoms with Crippen molar-refractivity contribution in [1.29, 1.82) is 0 Å². The van der Waals surface area contributed by atoms with Crippen LogP contribution in [0.25, 0.3) is 0 Å². The van der Waals surface area contributed by atoms with Gasteiger partial charge in [-0.1, -0.05) is 50.2 Å². The van der Waals surface area contributed by atoms with Gasteiger partial charge in [0.1, 0.15) is 19.9 Å². The van der Waals surface area contributed by atoms with Crippen LogP contribution in [-0.2, 0) is 45.1 Å². The van der Waals surface area contributed by atoms with Gasteiger partial charge in [0.15, 0.2) is 23.0 Å². The number of hydrogen-bond donors (Lipinski definition) is 3. The lowest BCUT2D eigenvalue weighted by molar-refractivity contribution is -0.120. The molecule has 0 bridgehead atoms. The van der Waals surface area contributed by atoms with Gasteiger partial charge in [-0.25, -0.2) is 10.4 Å². The van der Waals surface area contributed by atoms with Crippen molar-refractivity contribution in [2.75, 3.05) is 81.2 Å². The summed E-state index contributed by atoms with van der Waals surface area (Å²) in [4.78, 5) is 51.0. The van der Waals surface area contributed by atoms with E-state index >= 15 is 0 Å². The molecule has 5 aromatic carbocycles. The number of anilines is 4. The third-order valence-electron chi connectivity index (χ3n) is 12.9. The van der Waals surface area contributed by atoms with E-state index in [1.165, 1.54) is 12.1 Å². The number of methoxy groups -OCH3 is 3. The van der Waals surface area contributed by atoms with Crippen molar-refractivity contribution in [1.82, 2.24) is 5.43 Å². The third-order valence-corrected chi connectivity index (χ3v) is 13.1. The summed E-state index contributed by atoms with van der Waals surface area (Å²) in [7, 11) is 4.69. The maximum absolute atomic E-state index is 14.2. The summed E-state index contributed by atoms with van der Waals surface area (Å²) in [5, 5.41) is 4.98. The zero-order valence-corrected chi connectivity index (χ0v) is 41.6. The van der Waals surface area contributed by atoms with Crippen LogP contribution in [0, 0.1) is 0 Å². The Morgan fingerprint density at radius 2 is 1.38 bits per heavy atom. The van der Waals surface area contributed by atoms with E-state index in [4.69, 9.17) is 50.8 Å². The largest absolute Gasteiger partial charge is 0.493 e. The first-order valence-corrected chi connectivity index (χ1v) is 24.2. The lowest BCUT2D eigenvalue weighted by atomic mass is 10.1. The van der Waals surface area contributed by atoms with Gasteiger partial charge < -0.3 is 43.4 Å². The molecule has 9 rings (SSSR count). The highest BCUT2D eigenvalue weighted by atomic mass is 32.1. The Kier molecular flexibility index (Phi) is 15.1. The summed E-state index contributed by atoms with van der Waals surface area (Å²) in [6.45, 7) is 6.12. The van der Waals surface area contributed by atoms with Gasteiger partial charge in [-0.2, -0.15) is 12.6 Å². The molecule has 4 aliphatic rings. The smallest absolute Gasteiger partial charge is 0.261 e. The fourth-order valence-corrected chi connectivity index (χ4v) is 9.47. The topological polar surface area (TPSA) is 162 Å². The van der Waals surface area contributed by atoms with Crippen LogP contribution in [0.5, 0.6) is 23.0 Å². The minimum absolute atomic E-state index is 0.00749. The van der Waals surface area contributed by atoms with Crippen LogP contribution in [0.2, 0.25) is 0 Å². The van der Waals surface area contributed by atoms with Gasteiger partial charge in [0, 0.05) is 61.0 Å². The van der Waals surface area contributed by atoms with Crippen LogP contribution in [0.15, 0.2) is 96.0 Å². The molecule has 2 unspecified atom stereocenters. The lowest BCUT2D eigenvalue weighted by Crippen LogP contribution is -2.45. The molecule has 16 nitrogen and oxygen atoms in total. The minimum Gasteiger partial charge on any atom is -0.493 e. The van der Waals surface area contributed by atoms with E-state index < -0.39 is 4.75 Å². The van der Waals surface area contributed by atoms with Crippen molar-refractivity contribution in [3.63, 3.8) is 0 Å². The van der Waals surface area contributed by atoms with Crippen LogP contribution >= 0.6 is 12.6 Å². The van der Waals surface area contributed by atoms with E-state index in [2.05, 4.69) is 16.8 Å². The summed E-state index contributed by atoms with van der Waals surface area (Å²) in [5.74, 6) is 1.07. The molecule has 0 saturated carbocycles. The zero-order valence-electron chi connectivity index (χ0n) is 40.7. The van der Waals surface area contributed by atoms with E-state index in [0.29, 0.717) is 102 Å². The second-order valence-electron chi connectivity index (χ2n) is 18.4. The Bertz CT molecular complexity index is 2820. The number of hydrazine groups is 1. The summed E-state index contributed by atoms with van der Waals surface area (Å²) < 4.78 is 40.8. The van der Waals surface area contributed by atoms with Crippen LogP contribution in [0.3, 0.4) is 0 Å². The number of benzene rings is 5. The van der Waals surface area contributed by atoms with Crippen molar-refractivity contribution in [2.45, 2.75) is 69.6 Å². The molecule has 0 spiro atoms. The van der Waals surface area contributed by atoms with Crippen LogP contribution in [0.1, 0.15) is 69.7 Å². The molecule has 5 aromatic rings. The van der Waals surface area contributed by atoms with E-state index in [9.17, 15) is 14.4 Å². The molecule has 71 heavy (non-hydrogen) atoms. The van der Waals surface area contributed by atoms with Crippen LogP contribution < -0.4 is 44.5 Å². The average molecular weight is 985 g/mol. The van der Waals surface area contributed by atoms with E-state index in [0.717, 1.165) is 28.9 Å². The second-order valence-corrected chi connectivity index (χ2v) is 19.6. The Balaban J connectivity index is 1.00. The number of carbonyl (C=O) groups is 3. The maximum Gasteiger partial charge on any atom is 0.261 e. The molecular formula is C54H60N6O10S. The first-order chi connectivity index (χ1) is 34.4. The number of nitrogens with zero attached hydrogens (tertiary/aromatic N) is 4. The number of rotatable bonds is 21. The summed E-state index contributed by atoms with van der Waals surface area (Å²) in [6, 6.07) is 28.2. The highest BCUT2D eigenvalue weighted by Gasteiger charge is 2.39. The maximum atomic E-state index is 14.2. The number of nitrogens with one attached hydrogen (secondary N) is 2. The van der Waals surface area contributed by atoms with E-state index in [-0.39, 0.29) is 62.8 Å². The highest BCUT2D eigenvalue weighted by molar-refractivity contribution is 7.81. The number of fused-ring (bicyclic) bond motifs is 8. The number of amides is 3. The van der Waals surface area contributed by atoms with Crippen LogP contribution in [0.4, 0.5) is 28.4 Å². The number of hydrogen-bond acceptors (Lipinski definition) is 14. The molecule has 372 valence electrons. The van der Waals surface area contributed by atoms with Gasteiger partial charge in [-0.05, 0) is 77.6 Å². The summed E-state index contributed by atoms with van der Waals surface area (Å²) in [6.07, 6.45) is 3.93. The number of aliphatic imine (C=N–C) groups is 1. The number of para-hydroxylation sites is 2. The van der Waals surface area contributed by atoms with E-state index in [1.54, 1.807) is 37.3 Å². The minimum atomic E-state index is -0.401. The van der Waals surface area contributed by atoms with Crippen molar-refractivity contribution in [2.24, 2.45) is 4.99 Å². The number of ether oxygens (including phenoxy) is 7. The van der Waals surface area contributed by atoms with Gasteiger partial charge in [0.05, 0.1) is 80.9 Å². The van der Waals surface area contributed by atoms with Gasteiger partial charge in [-0.3, -0.25) is 24.3 Å². The normalized spacial score (nSPS) is 16.4. The summed E-state index contributed by atoms with van der Waals surface area (Å²) in [5.41, 5.74) is 11.1. The van der Waals surface area contributed by atoms with Crippen molar-refractivity contribution < 1.29 is 47.5 Å². The van der Waals surface area contributed by atoms with Gasteiger partial charge in [0.2, 0.25) is 5.91 Å². The fraction of sp³-hybridized carbons (Fsp3) is 0.370. The molecule has 4 aliphatic heterocycles. The first kappa shape index (κ1) is 49.4. The SMILES string of the molecule is COCCOCCOCNN(C(=O)CCC(C)(C)S)c1cc(COc2cc3c(cc2OC)C(=O)N2c4ccccc4CC2C=N3)cc(COc2cc3c(cc2OC)C(=O)N2c4ccccc4CC2CN3)c1. The molecule has 3 amide bonds. The molecule has 0 aromatic heterocycles. The molecule has 17 heteroatoms. The monoisotopic (exact) mass is 984 g/mol. The second kappa shape index (κ2) is 21.8. The van der Waals surface area contributed by atoms with Crippen molar-refractivity contribution >= 4 is 65.0 Å². The number of carbonyl (C=O) groups excluding carboxylic acids is 3. The van der Waals surface area contributed by atoms with Gasteiger partial charge in [-0.15, -0.1) is 0 Å². The Morgan fingerprint density at radius 3 is 2.07 bits per heavy atom. The molecule has 0 radical (unpaired) electrons. The zero-order chi connectivity index (χ0) is 49.6. The van der Waals surface area contributed by atoms with Gasteiger partial charge in [0.25, 0.3) is 11.8 Å². The molecule has 4 heterocycles. The van der Waals surface area contributed by atoms with Crippen LogP contribution in [-0.4, -0.2) is 102 Å². The predicted octanol–water partition coefficient (Wildman–Crippen LogP) is 8.11. The first-order valence-electron chi connectivity index (χ1n) is 23.8. The predicted molar refractivity (Wildman–Crippen MR) is 276 cm³/mol. The molecule has 2 atom stereocenters. The molecule has 0 aliphatic carbocycles. The molecule has 0 fully saturated rings. The Morgan fingerprint density at radius 1 is 0.761 bits per heavy atom. The van der Waals surface area contributed by atoms with Gasteiger partial charge >= 0.3 is 0 Å². The quantitative estimate of drug-likeness (QED) is 0.0281. The molecular weight excluding hydrogens is 925 g/mol. The fourth-order valence-electron chi connectivity index (χ4n) is 9.35. The summed E-state index contributed by atoms with van der Waals surface area (Å²) >= 11 is 4.70. The third kappa shape index (κ3) is 11.0. The number of thiol groups is 1. The lowest BCUT2D eigenvalue weighted by Gasteiger charge is -2.26. The standard InChI is InChI=1S/C54H60N6O10S/c1-54(2,71)15-14-51(61)60(57-33-68-19-18-67-17-16-64-3)38-21-34(31-69-49-27-43-41(25-47(49)65-4)52(62)58-39(29-55-43)23-36-10-6-8-12-45(36)58)20-35(22-38)32-70-50-28-44-42(26-48(50)66-5)53(63)59-40(30-56-44)24-37-11-7-9-13-46(37)59/h6-13,20-22,25-29,39-40,56-57,71H,14-19,23-24,30-33H2,1-5H3.